The molecule has 0 N–H and O–H groups in total. The molecule has 0 bridgehead atoms. The van der Waals surface area contributed by atoms with Crippen molar-refractivity contribution in [1.82, 2.24) is 0 Å². The molecule has 0 unspecified atom stereocenters. The molecule has 0 spiro atoms. The van der Waals surface area contributed by atoms with Crippen LogP contribution in [0.1, 0.15) is 41.0 Å². The highest BCUT2D eigenvalue weighted by molar-refractivity contribution is 6.74. The molecule has 0 saturated heterocycles. The maximum Gasteiger partial charge on any atom is 0.242 e. The summed E-state index contributed by atoms with van der Waals surface area (Å²) in [5.41, 5.74) is 0.782. The van der Waals surface area contributed by atoms with E-state index in [2.05, 4.69) is 34.6 Å². The van der Waals surface area contributed by atoms with Gasteiger partial charge in [-0.3, -0.25) is 4.80 Å². The topological polar surface area (TPSA) is 19.9 Å². The van der Waals surface area contributed by atoms with Gasteiger partial charge < -0.3 is 0 Å². The summed E-state index contributed by atoms with van der Waals surface area (Å²) in [6.07, 6.45) is 1.06. The second-order valence-electron chi connectivity index (χ2n) is 4.01. The van der Waals surface area contributed by atoms with E-state index in [-0.39, 0.29) is 0 Å². The smallest absolute Gasteiger partial charge is 0.242 e. The third kappa shape index (κ3) is 2.60. The highest BCUT2D eigenvalue weighted by atomic mass is 28.4. The van der Waals surface area contributed by atoms with Crippen LogP contribution in [-0.2, 0) is 4.80 Å². The number of rotatable bonds is 4. The van der Waals surface area contributed by atoms with Crippen molar-refractivity contribution in [3.63, 3.8) is 0 Å². The molecule has 0 heterocycles. The molecule has 67 valence electrons. The fraction of sp³-hybridized carbons (Fsp3) is 1.00. The van der Waals surface area contributed by atoms with Crippen molar-refractivity contribution < 1.29 is 4.80 Å². The lowest BCUT2D eigenvalue weighted by molar-refractivity contribution is 0.385. The first-order chi connectivity index (χ1) is 4.95. The van der Waals surface area contributed by atoms with Crippen molar-refractivity contribution in [2.45, 2.75) is 58.2 Å². The summed E-state index contributed by atoms with van der Waals surface area (Å²) in [5, 5.41) is 0. The van der Waals surface area contributed by atoms with Gasteiger partial charge in [0, 0.05) is 0 Å². The van der Waals surface area contributed by atoms with Crippen molar-refractivity contribution in [3.8, 4) is 0 Å². The Morgan fingerprint density at radius 2 is 1.45 bits per heavy atom. The molecule has 0 aliphatic heterocycles. The Hall–Kier alpha value is 0.177. The van der Waals surface area contributed by atoms with E-state index in [9.17, 15) is 4.80 Å². The summed E-state index contributed by atoms with van der Waals surface area (Å²) < 4.78 is 0. The molecule has 0 saturated carbocycles. The van der Waals surface area contributed by atoms with Gasteiger partial charge in [0.05, 0.1) is 0 Å². The lowest BCUT2D eigenvalue weighted by Gasteiger charge is -2.30. The molecule has 0 aromatic carbocycles. The highest BCUT2D eigenvalue weighted by Crippen LogP contribution is 2.34. The van der Waals surface area contributed by atoms with Gasteiger partial charge in [0.2, 0.25) is 8.32 Å². The van der Waals surface area contributed by atoms with Gasteiger partial charge in [0.25, 0.3) is 0 Å². The van der Waals surface area contributed by atoms with Crippen molar-refractivity contribution in [2.24, 2.45) is 0 Å². The predicted molar refractivity (Wildman–Crippen MR) is 51.7 cm³/mol. The summed E-state index contributed by atoms with van der Waals surface area (Å²) in [6, 6.07) is 0.947. The van der Waals surface area contributed by atoms with E-state index in [0.717, 1.165) is 12.5 Å². The minimum Gasteiger partial charge on any atom is -0.297 e. The van der Waals surface area contributed by atoms with E-state index in [4.69, 9.17) is 0 Å². The van der Waals surface area contributed by atoms with Gasteiger partial charge >= 0.3 is 0 Å². The molecule has 0 amide bonds. The average Bonchev–Trinajstić information content (AvgIpc) is 1.87. The van der Waals surface area contributed by atoms with Crippen LogP contribution in [0.15, 0.2) is 0 Å². The van der Waals surface area contributed by atoms with Crippen molar-refractivity contribution >= 4 is 8.32 Å². The molecule has 1 radical (unpaired) electrons. The molecular formula is C9H21OSi. The van der Waals surface area contributed by atoms with E-state index in [1.807, 2.05) is 0 Å². The maximum absolute atomic E-state index is 12.2. The molecule has 0 fully saturated rings. The van der Waals surface area contributed by atoms with Crippen LogP contribution < -0.4 is 0 Å². The fourth-order valence-corrected chi connectivity index (χ4v) is 4.90. The first kappa shape index (κ1) is 11.2. The fourth-order valence-electron chi connectivity index (χ4n) is 1.63. The Morgan fingerprint density at radius 3 is 1.55 bits per heavy atom. The largest absolute Gasteiger partial charge is 0.297 e. The Balaban J connectivity index is 4.26. The normalized spacial score (nSPS) is 13.1. The third-order valence-electron chi connectivity index (χ3n) is 2.60. The molecule has 0 aromatic heterocycles. The minimum atomic E-state index is -2.15. The molecule has 1 nitrogen and oxygen atoms in total. The van der Waals surface area contributed by atoms with E-state index in [0.29, 0.717) is 11.1 Å². The second kappa shape index (κ2) is 4.26. The van der Waals surface area contributed by atoms with Gasteiger partial charge in [-0.1, -0.05) is 41.0 Å². The van der Waals surface area contributed by atoms with E-state index >= 15 is 0 Å². The zero-order chi connectivity index (χ0) is 9.07. The molecule has 0 aliphatic carbocycles. The zero-order valence-corrected chi connectivity index (χ0v) is 9.48. The Bertz CT molecular complexity index is 102. The number of hydrogen-bond donors (Lipinski definition) is 0. The van der Waals surface area contributed by atoms with E-state index in [1.54, 1.807) is 0 Å². The van der Waals surface area contributed by atoms with Gasteiger partial charge in [-0.25, -0.2) is 0 Å². The van der Waals surface area contributed by atoms with Gasteiger partial charge in [-0.05, 0) is 17.1 Å². The predicted octanol–water partition coefficient (Wildman–Crippen LogP) is 3.59. The van der Waals surface area contributed by atoms with Crippen molar-refractivity contribution in [1.29, 1.82) is 0 Å². The van der Waals surface area contributed by atoms with Gasteiger partial charge in [0.1, 0.15) is 0 Å². The van der Waals surface area contributed by atoms with Crippen molar-refractivity contribution in [3.05, 3.63) is 0 Å². The lowest BCUT2D eigenvalue weighted by Crippen LogP contribution is -2.39. The molecule has 0 aliphatic rings. The minimum absolute atomic E-state index is 0.391. The van der Waals surface area contributed by atoms with Crippen LogP contribution in [0.25, 0.3) is 0 Å². The van der Waals surface area contributed by atoms with Crippen LogP contribution in [0.4, 0.5) is 0 Å². The van der Waals surface area contributed by atoms with Crippen LogP contribution >= 0.6 is 0 Å². The molecule has 0 rings (SSSR count). The molecule has 2 heteroatoms. The second-order valence-corrected chi connectivity index (χ2v) is 8.73. The Morgan fingerprint density at radius 1 is 1.09 bits per heavy atom. The maximum atomic E-state index is 12.2. The molecule has 0 atom stereocenters. The Kier molecular flexibility index (Phi) is 4.33. The quantitative estimate of drug-likeness (QED) is 0.579. The summed E-state index contributed by atoms with van der Waals surface area (Å²) >= 11 is 0. The van der Waals surface area contributed by atoms with Gasteiger partial charge in [0.15, 0.2) is 0 Å². The van der Waals surface area contributed by atoms with Crippen LogP contribution in [0.5, 0.6) is 0 Å². The first-order valence-corrected chi connectivity index (χ1v) is 6.92. The SMILES string of the molecule is CCC[Si]([O])(C(C)C)C(C)C. The van der Waals surface area contributed by atoms with Crippen LogP contribution in [0.2, 0.25) is 17.1 Å². The van der Waals surface area contributed by atoms with E-state index in [1.165, 1.54) is 0 Å². The molecule has 0 aromatic rings. The van der Waals surface area contributed by atoms with Crippen LogP contribution in [0.3, 0.4) is 0 Å². The third-order valence-corrected chi connectivity index (χ3v) is 7.79. The standard InChI is InChI=1S/C9H21OSi/c1-6-7-11(10,8(2)3)9(4)5/h8-9H,6-7H2,1-5H3. The summed E-state index contributed by atoms with van der Waals surface area (Å²) in [7, 11) is -2.15. The summed E-state index contributed by atoms with van der Waals surface area (Å²) in [5.74, 6) is 0. The first-order valence-electron chi connectivity index (χ1n) is 4.65. The average molecular weight is 173 g/mol. The van der Waals surface area contributed by atoms with Gasteiger partial charge in [-0.15, -0.1) is 0 Å². The van der Waals surface area contributed by atoms with Crippen molar-refractivity contribution in [2.75, 3.05) is 0 Å². The number of hydrogen-bond acceptors (Lipinski definition) is 0. The zero-order valence-electron chi connectivity index (χ0n) is 8.48. The summed E-state index contributed by atoms with van der Waals surface area (Å²) in [6.45, 7) is 10.5. The van der Waals surface area contributed by atoms with E-state index < -0.39 is 8.32 Å². The molecule has 11 heavy (non-hydrogen) atoms. The monoisotopic (exact) mass is 173 g/mol. The molecular weight excluding hydrogens is 152 g/mol. The van der Waals surface area contributed by atoms with Gasteiger partial charge in [-0.2, -0.15) is 0 Å². The van der Waals surface area contributed by atoms with Crippen LogP contribution in [0, 0.1) is 0 Å². The summed E-state index contributed by atoms with van der Waals surface area (Å²) in [4.78, 5) is 12.2. The van der Waals surface area contributed by atoms with Crippen LogP contribution in [-0.4, -0.2) is 8.32 Å². The Labute approximate surface area is 72.0 Å². The highest BCUT2D eigenvalue weighted by Gasteiger charge is 2.39. The lowest BCUT2D eigenvalue weighted by atomic mass is 10.5.